The van der Waals surface area contributed by atoms with E-state index >= 15 is 0 Å². The summed E-state index contributed by atoms with van der Waals surface area (Å²) in [5, 5.41) is 0.776. The summed E-state index contributed by atoms with van der Waals surface area (Å²) in [5.74, 6) is 0.615. The van der Waals surface area contributed by atoms with Crippen LogP contribution in [-0.4, -0.2) is 21.9 Å². The van der Waals surface area contributed by atoms with Crippen LogP contribution in [0.25, 0.3) is 0 Å². The average Bonchev–Trinajstić information content (AvgIpc) is 2.95. The zero-order valence-electron chi connectivity index (χ0n) is 14.8. The fourth-order valence-corrected chi connectivity index (χ4v) is 2.99. The summed E-state index contributed by atoms with van der Waals surface area (Å²) in [6, 6.07) is 12.0. The lowest BCUT2D eigenvalue weighted by Gasteiger charge is -2.24. The number of aromatic nitrogens is 1. The molecule has 2 aromatic rings. The summed E-state index contributed by atoms with van der Waals surface area (Å²) in [6.45, 7) is 8.45. The number of benzene rings is 1. The second-order valence-electron chi connectivity index (χ2n) is 6.63. The van der Waals surface area contributed by atoms with Gasteiger partial charge in [-0.25, -0.2) is 0 Å². The van der Waals surface area contributed by atoms with Crippen molar-refractivity contribution in [1.82, 2.24) is 9.47 Å². The molecule has 0 bridgehead atoms. The molecule has 0 spiro atoms. The van der Waals surface area contributed by atoms with Crippen LogP contribution in [0.15, 0.2) is 42.6 Å². The number of nitrogens with zero attached hydrogens (tertiary/aromatic N) is 2. The van der Waals surface area contributed by atoms with Crippen LogP contribution in [0.1, 0.15) is 44.9 Å². The second kappa shape index (κ2) is 8.93. The Bertz CT molecular complexity index is 663. The van der Waals surface area contributed by atoms with E-state index in [1.165, 1.54) is 0 Å². The van der Waals surface area contributed by atoms with Crippen LogP contribution in [0.4, 0.5) is 0 Å². The number of rotatable bonds is 8. The van der Waals surface area contributed by atoms with Crippen LogP contribution in [-0.2, 0) is 17.9 Å². The third-order valence-electron chi connectivity index (χ3n) is 4.00. The molecule has 0 aliphatic rings. The standard InChI is InChI=1S/C20H27ClN2O/c1-4-11-23(20(24)13-16(2)3)15-18-9-7-12-22(18)14-17-8-5-6-10-19(17)21/h5-10,12,16H,4,11,13-15H2,1-3H3. The molecule has 3 nitrogen and oxygen atoms in total. The van der Waals surface area contributed by atoms with Gasteiger partial charge in [-0.15, -0.1) is 0 Å². The molecule has 1 heterocycles. The van der Waals surface area contributed by atoms with Crippen LogP contribution in [0.3, 0.4) is 0 Å². The molecular weight excluding hydrogens is 320 g/mol. The van der Waals surface area contributed by atoms with E-state index in [1.54, 1.807) is 0 Å². The first-order chi connectivity index (χ1) is 11.5. The quantitative estimate of drug-likeness (QED) is 0.662. The highest BCUT2D eigenvalue weighted by Gasteiger charge is 2.16. The van der Waals surface area contributed by atoms with Gasteiger partial charge < -0.3 is 9.47 Å². The zero-order valence-corrected chi connectivity index (χ0v) is 15.6. The molecule has 0 saturated heterocycles. The lowest BCUT2D eigenvalue weighted by molar-refractivity contribution is -0.132. The van der Waals surface area contributed by atoms with Gasteiger partial charge >= 0.3 is 0 Å². The predicted octanol–water partition coefficient (Wildman–Crippen LogP) is 4.97. The summed E-state index contributed by atoms with van der Waals surface area (Å²) in [7, 11) is 0. The Morgan fingerprint density at radius 3 is 2.62 bits per heavy atom. The summed E-state index contributed by atoms with van der Waals surface area (Å²) < 4.78 is 2.17. The van der Waals surface area contributed by atoms with E-state index in [0.29, 0.717) is 18.9 Å². The van der Waals surface area contributed by atoms with Gasteiger partial charge in [0.2, 0.25) is 5.91 Å². The average molecular weight is 347 g/mol. The van der Waals surface area contributed by atoms with E-state index in [4.69, 9.17) is 11.6 Å². The largest absolute Gasteiger partial charge is 0.345 e. The van der Waals surface area contributed by atoms with E-state index in [-0.39, 0.29) is 5.91 Å². The summed E-state index contributed by atoms with van der Waals surface area (Å²) in [6.07, 6.45) is 3.62. The molecule has 1 aromatic heterocycles. The van der Waals surface area contributed by atoms with Gasteiger partial charge in [-0.1, -0.05) is 50.6 Å². The molecule has 130 valence electrons. The van der Waals surface area contributed by atoms with Crippen molar-refractivity contribution in [2.75, 3.05) is 6.54 Å². The smallest absolute Gasteiger partial charge is 0.223 e. The Morgan fingerprint density at radius 1 is 1.21 bits per heavy atom. The minimum atomic E-state index is 0.234. The SMILES string of the molecule is CCCN(Cc1cccn1Cc1ccccc1Cl)C(=O)CC(C)C. The van der Waals surface area contributed by atoms with Crippen molar-refractivity contribution in [3.8, 4) is 0 Å². The van der Waals surface area contributed by atoms with Crippen LogP contribution in [0.2, 0.25) is 5.02 Å². The van der Waals surface area contributed by atoms with E-state index < -0.39 is 0 Å². The number of hydrogen-bond donors (Lipinski definition) is 0. The molecule has 0 saturated carbocycles. The number of amides is 1. The number of halogens is 1. The maximum Gasteiger partial charge on any atom is 0.223 e. The van der Waals surface area contributed by atoms with Gasteiger partial charge in [-0.2, -0.15) is 0 Å². The molecule has 0 unspecified atom stereocenters. The van der Waals surface area contributed by atoms with E-state index in [2.05, 4.69) is 37.6 Å². The molecule has 0 atom stereocenters. The van der Waals surface area contributed by atoms with E-state index in [0.717, 1.165) is 35.8 Å². The third-order valence-corrected chi connectivity index (χ3v) is 4.37. The molecule has 1 aromatic carbocycles. The molecule has 1 amide bonds. The maximum absolute atomic E-state index is 12.5. The number of carbonyl (C=O) groups is 1. The minimum absolute atomic E-state index is 0.234. The van der Waals surface area contributed by atoms with Crippen molar-refractivity contribution >= 4 is 17.5 Å². The van der Waals surface area contributed by atoms with E-state index in [1.807, 2.05) is 35.2 Å². The first kappa shape index (κ1) is 18.6. The van der Waals surface area contributed by atoms with Crippen LogP contribution in [0, 0.1) is 5.92 Å². The predicted molar refractivity (Wildman–Crippen MR) is 100 cm³/mol. The molecular formula is C20H27ClN2O. The van der Waals surface area contributed by atoms with Crippen molar-refractivity contribution < 1.29 is 4.79 Å². The fourth-order valence-electron chi connectivity index (χ4n) is 2.79. The van der Waals surface area contributed by atoms with Gasteiger partial charge in [0.1, 0.15) is 0 Å². The van der Waals surface area contributed by atoms with Crippen molar-refractivity contribution in [2.45, 2.75) is 46.7 Å². The maximum atomic E-state index is 12.5. The van der Waals surface area contributed by atoms with Crippen LogP contribution in [0.5, 0.6) is 0 Å². The van der Waals surface area contributed by atoms with Gasteiger partial charge in [-0.05, 0) is 36.1 Å². The molecule has 2 rings (SSSR count). The highest BCUT2D eigenvalue weighted by Crippen LogP contribution is 2.18. The highest BCUT2D eigenvalue weighted by molar-refractivity contribution is 6.31. The van der Waals surface area contributed by atoms with Gasteiger partial charge in [0.25, 0.3) is 0 Å². The van der Waals surface area contributed by atoms with Gasteiger partial charge in [-0.3, -0.25) is 4.79 Å². The fraction of sp³-hybridized carbons (Fsp3) is 0.450. The van der Waals surface area contributed by atoms with Gasteiger partial charge in [0, 0.05) is 36.4 Å². The summed E-state index contributed by atoms with van der Waals surface area (Å²) in [4.78, 5) is 14.5. The highest BCUT2D eigenvalue weighted by atomic mass is 35.5. The molecule has 0 N–H and O–H groups in total. The van der Waals surface area contributed by atoms with Crippen molar-refractivity contribution in [3.05, 3.63) is 58.9 Å². The zero-order chi connectivity index (χ0) is 17.5. The minimum Gasteiger partial charge on any atom is -0.345 e. The molecule has 0 radical (unpaired) electrons. The first-order valence-corrected chi connectivity index (χ1v) is 9.04. The second-order valence-corrected chi connectivity index (χ2v) is 7.04. The van der Waals surface area contributed by atoms with Crippen molar-refractivity contribution in [2.24, 2.45) is 5.92 Å². The Labute approximate surface area is 150 Å². The molecule has 0 aliphatic heterocycles. The lowest BCUT2D eigenvalue weighted by atomic mass is 10.1. The van der Waals surface area contributed by atoms with Gasteiger partial charge in [0.05, 0.1) is 6.54 Å². The number of carbonyl (C=O) groups excluding carboxylic acids is 1. The lowest BCUT2D eigenvalue weighted by Crippen LogP contribution is -2.32. The van der Waals surface area contributed by atoms with Crippen LogP contribution < -0.4 is 0 Å². The molecule has 0 aliphatic carbocycles. The monoisotopic (exact) mass is 346 g/mol. The Kier molecular flexibility index (Phi) is 6.92. The third kappa shape index (κ3) is 5.13. The Balaban J connectivity index is 2.13. The van der Waals surface area contributed by atoms with Crippen molar-refractivity contribution in [1.29, 1.82) is 0 Å². The molecule has 0 fully saturated rings. The topological polar surface area (TPSA) is 25.2 Å². The van der Waals surface area contributed by atoms with Crippen LogP contribution >= 0.6 is 11.6 Å². The number of hydrogen-bond acceptors (Lipinski definition) is 1. The Morgan fingerprint density at radius 2 is 1.96 bits per heavy atom. The van der Waals surface area contributed by atoms with E-state index in [9.17, 15) is 4.79 Å². The van der Waals surface area contributed by atoms with Crippen molar-refractivity contribution in [3.63, 3.8) is 0 Å². The van der Waals surface area contributed by atoms with Gasteiger partial charge in [0.15, 0.2) is 0 Å². The molecule has 24 heavy (non-hydrogen) atoms. The summed E-state index contributed by atoms with van der Waals surface area (Å²) in [5.41, 5.74) is 2.23. The Hall–Kier alpha value is -1.74. The molecule has 4 heteroatoms. The normalized spacial score (nSPS) is 11.0. The first-order valence-electron chi connectivity index (χ1n) is 8.66. The summed E-state index contributed by atoms with van der Waals surface area (Å²) >= 11 is 6.28.